The van der Waals surface area contributed by atoms with Gasteiger partial charge in [-0.25, -0.2) is 0 Å². The number of nitro groups is 1. The monoisotopic (exact) mass is 483 g/mol. The average molecular weight is 484 g/mol. The summed E-state index contributed by atoms with van der Waals surface area (Å²) in [5, 5.41) is 14.2. The molecule has 9 heteroatoms. The first kappa shape index (κ1) is 26.0. The SMILES string of the molecule is CC[C@H](C(=O)NC1CCCC1)N(Cc1cccc(C)c1)C(=O)COc1ccc([N+](=O)[O-])c(OC)c1. The van der Waals surface area contributed by atoms with Gasteiger partial charge in [-0.05, 0) is 37.8 Å². The highest BCUT2D eigenvalue weighted by Crippen LogP contribution is 2.31. The molecule has 1 atom stereocenters. The lowest BCUT2D eigenvalue weighted by atomic mass is 10.1. The van der Waals surface area contributed by atoms with Crippen LogP contribution in [0.2, 0.25) is 0 Å². The van der Waals surface area contributed by atoms with Crippen LogP contribution < -0.4 is 14.8 Å². The lowest BCUT2D eigenvalue weighted by molar-refractivity contribution is -0.385. The lowest BCUT2D eigenvalue weighted by Gasteiger charge is -2.31. The molecule has 1 N–H and O–H groups in total. The summed E-state index contributed by atoms with van der Waals surface area (Å²) in [6.45, 7) is 3.81. The minimum absolute atomic E-state index is 0.0407. The van der Waals surface area contributed by atoms with E-state index in [4.69, 9.17) is 9.47 Å². The van der Waals surface area contributed by atoms with E-state index in [1.165, 1.54) is 25.3 Å². The van der Waals surface area contributed by atoms with E-state index in [0.717, 1.165) is 36.8 Å². The number of ether oxygens (including phenoxy) is 2. The zero-order valence-electron chi connectivity index (χ0n) is 20.5. The molecular formula is C26H33N3O6. The van der Waals surface area contributed by atoms with Gasteiger partial charge < -0.3 is 19.7 Å². The Kier molecular flexibility index (Phi) is 9.05. The molecule has 188 valence electrons. The molecule has 0 aliphatic heterocycles. The van der Waals surface area contributed by atoms with E-state index in [1.54, 1.807) is 4.90 Å². The third-order valence-electron chi connectivity index (χ3n) is 6.23. The number of carbonyl (C=O) groups is 2. The predicted octanol–water partition coefficient (Wildman–Crippen LogP) is 4.16. The second-order valence-electron chi connectivity index (χ2n) is 8.80. The molecule has 0 spiro atoms. The molecule has 35 heavy (non-hydrogen) atoms. The molecule has 1 saturated carbocycles. The Morgan fingerprint density at radius 1 is 1.20 bits per heavy atom. The molecule has 2 aromatic carbocycles. The van der Waals surface area contributed by atoms with Gasteiger partial charge in [0.15, 0.2) is 6.61 Å². The zero-order chi connectivity index (χ0) is 25.4. The van der Waals surface area contributed by atoms with Gasteiger partial charge in [0, 0.05) is 24.7 Å². The summed E-state index contributed by atoms with van der Waals surface area (Å²) in [4.78, 5) is 38.7. The number of aryl methyl sites for hydroxylation is 1. The molecule has 0 unspecified atom stereocenters. The van der Waals surface area contributed by atoms with Crippen molar-refractivity contribution < 1.29 is 24.0 Å². The van der Waals surface area contributed by atoms with Crippen molar-refractivity contribution in [2.75, 3.05) is 13.7 Å². The molecule has 1 fully saturated rings. The Balaban J connectivity index is 1.78. The fraction of sp³-hybridized carbons (Fsp3) is 0.462. The van der Waals surface area contributed by atoms with E-state index < -0.39 is 11.0 Å². The maximum atomic E-state index is 13.4. The van der Waals surface area contributed by atoms with E-state index in [1.807, 2.05) is 38.1 Å². The van der Waals surface area contributed by atoms with Gasteiger partial charge in [-0.3, -0.25) is 19.7 Å². The number of nitro benzene ring substituents is 1. The number of hydrogen-bond acceptors (Lipinski definition) is 6. The number of hydrogen-bond donors (Lipinski definition) is 1. The summed E-state index contributed by atoms with van der Waals surface area (Å²) in [7, 11) is 1.33. The fourth-order valence-electron chi connectivity index (χ4n) is 4.42. The molecule has 2 aromatic rings. The summed E-state index contributed by atoms with van der Waals surface area (Å²) < 4.78 is 10.7. The molecule has 0 radical (unpaired) electrons. The molecule has 0 saturated heterocycles. The number of amides is 2. The minimum atomic E-state index is -0.640. The Bertz CT molecular complexity index is 1050. The van der Waals surface area contributed by atoms with Gasteiger partial charge in [0.25, 0.3) is 5.91 Å². The molecule has 1 aliphatic rings. The van der Waals surface area contributed by atoms with Crippen LogP contribution in [0.4, 0.5) is 5.69 Å². The minimum Gasteiger partial charge on any atom is -0.490 e. The predicted molar refractivity (Wildman–Crippen MR) is 131 cm³/mol. The van der Waals surface area contributed by atoms with Crippen LogP contribution in [-0.4, -0.2) is 47.4 Å². The van der Waals surface area contributed by atoms with Crippen LogP contribution in [0.1, 0.15) is 50.2 Å². The zero-order valence-corrected chi connectivity index (χ0v) is 20.5. The van der Waals surface area contributed by atoms with Crippen LogP contribution in [-0.2, 0) is 16.1 Å². The summed E-state index contributed by atoms with van der Waals surface area (Å²) >= 11 is 0. The molecule has 0 heterocycles. The van der Waals surface area contributed by atoms with Crippen molar-refractivity contribution in [1.82, 2.24) is 10.2 Å². The maximum absolute atomic E-state index is 13.4. The van der Waals surface area contributed by atoms with Crippen LogP contribution in [0.15, 0.2) is 42.5 Å². The van der Waals surface area contributed by atoms with Gasteiger partial charge in [0.1, 0.15) is 11.8 Å². The van der Waals surface area contributed by atoms with Crippen molar-refractivity contribution in [2.24, 2.45) is 0 Å². The van der Waals surface area contributed by atoms with E-state index in [-0.39, 0.29) is 48.2 Å². The van der Waals surface area contributed by atoms with Crippen LogP contribution in [0.25, 0.3) is 0 Å². The van der Waals surface area contributed by atoms with E-state index in [2.05, 4.69) is 5.32 Å². The lowest BCUT2D eigenvalue weighted by Crippen LogP contribution is -2.52. The third-order valence-corrected chi connectivity index (χ3v) is 6.23. The number of methoxy groups -OCH3 is 1. The Morgan fingerprint density at radius 2 is 1.94 bits per heavy atom. The fourth-order valence-corrected chi connectivity index (χ4v) is 4.42. The molecule has 0 bridgehead atoms. The first-order chi connectivity index (χ1) is 16.8. The van der Waals surface area contributed by atoms with Crippen molar-refractivity contribution in [2.45, 2.75) is 64.6 Å². The number of rotatable bonds is 11. The number of carbonyl (C=O) groups excluding carboxylic acids is 2. The quantitative estimate of drug-likeness (QED) is 0.380. The summed E-state index contributed by atoms with van der Waals surface area (Å²) in [6.07, 6.45) is 4.57. The number of benzene rings is 2. The van der Waals surface area contributed by atoms with Crippen LogP contribution in [0.3, 0.4) is 0 Å². The van der Waals surface area contributed by atoms with Gasteiger partial charge in [-0.15, -0.1) is 0 Å². The molecular weight excluding hydrogens is 450 g/mol. The standard InChI is InChI=1S/C26H33N3O6/c1-4-22(26(31)27-20-10-5-6-11-20)28(16-19-9-7-8-18(2)14-19)25(30)17-35-21-12-13-23(29(32)33)24(15-21)34-3/h7-9,12-15,20,22H,4-6,10-11,16-17H2,1-3H3,(H,27,31)/t22-/m1/s1. The molecule has 0 aromatic heterocycles. The number of nitrogens with zero attached hydrogens (tertiary/aromatic N) is 2. The van der Waals surface area contributed by atoms with Crippen molar-refractivity contribution in [3.63, 3.8) is 0 Å². The normalized spacial score (nSPS) is 14.3. The second-order valence-corrected chi connectivity index (χ2v) is 8.80. The average Bonchev–Trinajstić information content (AvgIpc) is 3.35. The Hall–Kier alpha value is -3.62. The van der Waals surface area contributed by atoms with Crippen molar-refractivity contribution in [3.8, 4) is 11.5 Å². The highest BCUT2D eigenvalue weighted by atomic mass is 16.6. The van der Waals surface area contributed by atoms with Crippen molar-refractivity contribution in [1.29, 1.82) is 0 Å². The Labute approximate surface area is 205 Å². The maximum Gasteiger partial charge on any atom is 0.311 e. The van der Waals surface area contributed by atoms with Gasteiger partial charge in [-0.1, -0.05) is 49.6 Å². The first-order valence-electron chi connectivity index (χ1n) is 11.9. The van der Waals surface area contributed by atoms with Crippen LogP contribution in [0, 0.1) is 17.0 Å². The van der Waals surface area contributed by atoms with E-state index in [0.29, 0.717) is 6.42 Å². The molecule has 9 nitrogen and oxygen atoms in total. The van der Waals surface area contributed by atoms with Gasteiger partial charge >= 0.3 is 5.69 Å². The van der Waals surface area contributed by atoms with Gasteiger partial charge in [0.05, 0.1) is 12.0 Å². The van der Waals surface area contributed by atoms with Gasteiger partial charge in [-0.2, -0.15) is 0 Å². The molecule has 2 amide bonds. The first-order valence-corrected chi connectivity index (χ1v) is 11.9. The summed E-state index contributed by atoms with van der Waals surface area (Å²) in [5.41, 5.74) is 1.79. The molecule has 1 aliphatic carbocycles. The Morgan fingerprint density at radius 3 is 2.57 bits per heavy atom. The number of nitrogens with one attached hydrogen (secondary N) is 1. The van der Waals surface area contributed by atoms with Crippen LogP contribution >= 0.6 is 0 Å². The summed E-state index contributed by atoms with van der Waals surface area (Å²) in [5.74, 6) is -0.201. The second kappa shape index (κ2) is 12.2. The largest absolute Gasteiger partial charge is 0.490 e. The van der Waals surface area contributed by atoms with Crippen LogP contribution in [0.5, 0.6) is 11.5 Å². The topological polar surface area (TPSA) is 111 Å². The van der Waals surface area contributed by atoms with Gasteiger partial charge in [0.2, 0.25) is 11.7 Å². The molecule has 3 rings (SSSR count). The van der Waals surface area contributed by atoms with Crippen molar-refractivity contribution >= 4 is 17.5 Å². The smallest absolute Gasteiger partial charge is 0.311 e. The highest BCUT2D eigenvalue weighted by Gasteiger charge is 2.31. The third kappa shape index (κ3) is 6.94. The van der Waals surface area contributed by atoms with E-state index in [9.17, 15) is 19.7 Å². The van der Waals surface area contributed by atoms with Crippen molar-refractivity contribution in [3.05, 3.63) is 63.7 Å². The van der Waals surface area contributed by atoms with E-state index >= 15 is 0 Å². The summed E-state index contributed by atoms with van der Waals surface area (Å²) in [6, 6.07) is 11.4. The highest BCUT2D eigenvalue weighted by molar-refractivity contribution is 5.88.